The van der Waals surface area contributed by atoms with Crippen molar-refractivity contribution in [3.8, 4) is 0 Å². The van der Waals surface area contributed by atoms with Crippen molar-refractivity contribution in [2.45, 2.75) is 19.9 Å². The number of hydrogen-bond acceptors (Lipinski definition) is 5. The van der Waals surface area contributed by atoms with Crippen LogP contribution in [0.4, 0.5) is 0 Å². The monoisotopic (exact) mass is 590 g/mol. The zero-order chi connectivity index (χ0) is 26.6. The Bertz CT molecular complexity index is 1570. The van der Waals surface area contributed by atoms with Gasteiger partial charge < -0.3 is 10.2 Å². The van der Waals surface area contributed by atoms with Gasteiger partial charge in [-0.1, -0.05) is 61.9 Å². The molecule has 0 saturated heterocycles. The first-order chi connectivity index (χ1) is 18.4. The quantitative estimate of drug-likeness (QED) is 0.307. The van der Waals surface area contributed by atoms with Gasteiger partial charge in [0.25, 0.3) is 23.6 Å². The molecule has 0 atom stereocenters. The molecular weight excluding hydrogens is 566 g/mol. The summed E-state index contributed by atoms with van der Waals surface area (Å²) in [6, 6.07) is 21.6. The van der Waals surface area contributed by atoms with E-state index in [0.29, 0.717) is 33.0 Å². The number of carbonyl (C=O) groups excluding carboxylic acids is 4. The molecule has 0 aliphatic carbocycles. The maximum atomic E-state index is 13.3. The van der Waals surface area contributed by atoms with Gasteiger partial charge in [0.2, 0.25) is 0 Å². The van der Waals surface area contributed by atoms with Crippen molar-refractivity contribution in [1.82, 2.24) is 14.7 Å². The van der Waals surface area contributed by atoms with Crippen molar-refractivity contribution in [3.05, 3.63) is 100 Å². The Balaban J connectivity index is 0.00000308. The number of carbonyl (C=O) groups is 4. The first-order valence-corrected chi connectivity index (χ1v) is 12.5. The minimum atomic E-state index is -0.384. The molecule has 0 spiro atoms. The van der Waals surface area contributed by atoms with Gasteiger partial charge in [-0.3, -0.25) is 29.0 Å². The summed E-state index contributed by atoms with van der Waals surface area (Å²) < 4.78 is 0. The molecule has 6 rings (SSSR count). The van der Waals surface area contributed by atoms with Crippen LogP contribution in [0.15, 0.2) is 72.8 Å². The Morgan fingerprint density at radius 1 is 0.641 bits per heavy atom. The molecule has 190 valence electrons. The SMILES string of the molecule is CC(C)N(C[N-]CN1C(=O)c2cccc3cccc(c23)C1=O)CN1C(=O)c2cccc3cccc(c23)C1=O.[Rb+]. The fourth-order valence-corrected chi connectivity index (χ4v) is 5.24. The summed E-state index contributed by atoms with van der Waals surface area (Å²) in [7, 11) is 0. The van der Waals surface area contributed by atoms with Crippen molar-refractivity contribution < 1.29 is 77.4 Å². The Morgan fingerprint density at radius 2 is 1.03 bits per heavy atom. The average Bonchev–Trinajstić information content (AvgIpc) is 2.93. The van der Waals surface area contributed by atoms with Crippen LogP contribution in [0.1, 0.15) is 55.3 Å². The van der Waals surface area contributed by atoms with Gasteiger partial charge in [0.05, 0.1) is 6.67 Å². The summed E-state index contributed by atoms with van der Waals surface area (Å²) in [4.78, 5) is 57.2. The zero-order valence-electron chi connectivity index (χ0n) is 22.0. The van der Waals surface area contributed by atoms with Gasteiger partial charge in [0.1, 0.15) is 0 Å². The van der Waals surface area contributed by atoms with Crippen LogP contribution in [0, 0.1) is 0 Å². The predicted octanol–water partition coefficient (Wildman–Crippen LogP) is 1.85. The van der Waals surface area contributed by atoms with Crippen LogP contribution < -0.4 is 58.2 Å². The van der Waals surface area contributed by atoms with Crippen LogP contribution in [0.2, 0.25) is 0 Å². The van der Waals surface area contributed by atoms with Crippen LogP contribution in [-0.2, 0) is 0 Å². The fraction of sp³-hybridized carbons (Fsp3) is 0.200. The van der Waals surface area contributed by atoms with Crippen LogP contribution >= 0.6 is 0 Å². The topological polar surface area (TPSA) is 92.1 Å². The van der Waals surface area contributed by atoms with E-state index >= 15 is 0 Å². The smallest absolute Gasteiger partial charge is 0.632 e. The van der Waals surface area contributed by atoms with E-state index in [1.807, 2.05) is 55.1 Å². The zero-order valence-corrected chi connectivity index (χ0v) is 27.0. The third-order valence-corrected chi connectivity index (χ3v) is 7.29. The fourth-order valence-electron chi connectivity index (χ4n) is 5.24. The molecule has 0 N–H and O–H groups in total. The van der Waals surface area contributed by atoms with E-state index in [1.165, 1.54) is 4.90 Å². The maximum absolute atomic E-state index is 13.3. The van der Waals surface area contributed by atoms with Crippen LogP contribution in [0.3, 0.4) is 0 Å². The molecular formula is C30H25N4O4Rb. The molecule has 0 unspecified atom stereocenters. The van der Waals surface area contributed by atoms with E-state index in [1.54, 1.807) is 36.4 Å². The van der Waals surface area contributed by atoms with Crippen molar-refractivity contribution >= 4 is 45.2 Å². The molecule has 4 amide bonds. The molecule has 2 aliphatic heterocycles. The van der Waals surface area contributed by atoms with Gasteiger partial charge in [-0.25, -0.2) is 0 Å². The molecule has 0 fully saturated rings. The van der Waals surface area contributed by atoms with Gasteiger partial charge in [0, 0.05) is 39.1 Å². The predicted molar refractivity (Wildman–Crippen MR) is 144 cm³/mol. The molecule has 0 aromatic heterocycles. The summed E-state index contributed by atoms with van der Waals surface area (Å²) in [6.07, 6.45) is 0. The number of rotatable bonds is 7. The van der Waals surface area contributed by atoms with Crippen molar-refractivity contribution in [3.63, 3.8) is 0 Å². The van der Waals surface area contributed by atoms with E-state index in [4.69, 9.17) is 0 Å². The largest absolute Gasteiger partial charge is 1.00 e. The summed E-state index contributed by atoms with van der Waals surface area (Å²) in [5, 5.41) is 7.56. The normalized spacial score (nSPS) is 14.7. The molecule has 9 heteroatoms. The number of hydrogen-bond donors (Lipinski definition) is 0. The molecule has 2 aliphatic rings. The number of amides is 4. The van der Waals surface area contributed by atoms with Gasteiger partial charge >= 0.3 is 58.2 Å². The standard InChI is InChI=1S/C30H25N4O4.Rb/c1-18(2)32(17-34-29(37)23-13-5-9-20-10-6-14-24(26(20)23)30(34)38)15-31-16-33-27(35)21-11-3-7-19-8-4-12-22(25(19)21)28(33)36;/h3-14,18H,15-17H2,1-2H3;/q-1;+1. The molecule has 4 aromatic carbocycles. The Kier molecular flexibility index (Phi) is 7.97. The van der Waals surface area contributed by atoms with E-state index in [-0.39, 0.29) is 108 Å². The van der Waals surface area contributed by atoms with Crippen LogP contribution in [-0.4, -0.2) is 64.4 Å². The number of imide groups is 2. The van der Waals surface area contributed by atoms with Crippen LogP contribution in [0.25, 0.3) is 26.9 Å². The van der Waals surface area contributed by atoms with Gasteiger partial charge in [-0.05, 0) is 48.9 Å². The van der Waals surface area contributed by atoms with Gasteiger partial charge in [-0.2, -0.15) is 0 Å². The molecule has 0 bridgehead atoms. The Hall–Kier alpha value is -2.59. The summed E-state index contributed by atoms with van der Waals surface area (Å²) >= 11 is 0. The minimum Gasteiger partial charge on any atom is -0.632 e. The molecule has 8 nitrogen and oxygen atoms in total. The van der Waals surface area contributed by atoms with Crippen LogP contribution in [0.5, 0.6) is 0 Å². The van der Waals surface area contributed by atoms with Crippen molar-refractivity contribution in [2.75, 3.05) is 20.0 Å². The van der Waals surface area contributed by atoms with E-state index in [9.17, 15) is 19.2 Å². The van der Waals surface area contributed by atoms with Crippen molar-refractivity contribution in [2.24, 2.45) is 0 Å². The third-order valence-electron chi connectivity index (χ3n) is 7.29. The van der Waals surface area contributed by atoms with E-state index < -0.39 is 0 Å². The van der Waals surface area contributed by atoms with Crippen molar-refractivity contribution in [1.29, 1.82) is 0 Å². The average molecular weight is 591 g/mol. The first kappa shape index (κ1) is 28.0. The van der Waals surface area contributed by atoms with E-state index in [0.717, 1.165) is 15.7 Å². The first-order valence-electron chi connectivity index (χ1n) is 12.5. The van der Waals surface area contributed by atoms with Gasteiger partial charge in [0.15, 0.2) is 0 Å². The molecule has 39 heavy (non-hydrogen) atoms. The number of nitrogens with zero attached hydrogens (tertiary/aromatic N) is 4. The Labute approximate surface area is 274 Å². The molecule has 0 radical (unpaired) electrons. The summed E-state index contributed by atoms with van der Waals surface area (Å²) in [5.41, 5.74) is 1.95. The second-order valence-electron chi connectivity index (χ2n) is 9.83. The summed E-state index contributed by atoms with van der Waals surface area (Å²) in [6.45, 7) is 3.92. The summed E-state index contributed by atoms with van der Waals surface area (Å²) in [5.74, 6) is -1.47. The van der Waals surface area contributed by atoms with E-state index in [2.05, 4.69) is 5.32 Å². The Morgan fingerprint density at radius 3 is 1.41 bits per heavy atom. The second-order valence-corrected chi connectivity index (χ2v) is 9.83. The molecule has 2 heterocycles. The molecule has 0 saturated carbocycles. The minimum absolute atomic E-state index is 0. The number of benzene rings is 4. The second kappa shape index (κ2) is 11.1. The molecule has 4 aromatic rings. The maximum Gasteiger partial charge on any atom is 1.00 e. The van der Waals surface area contributed by atoms with Gasteiger partial charge in [-0.15, -0.1) is 0 Å². The third kappa shape index (κ3) is 4.73.